The summed E-state index contributed by atoms with van der Waals surface area (Å²) in [5.74, 6) is 6.98. The maximum absolute atomic E-state index is 10.7. The monoisotopic (exact) mass is 566 g/mol. The lowest BCUT2D eigenvalue weighted by Gasteiger charge is -2.34. The van der Waals surface area contributed by atoms with Crippen molar-refractivity contribution in [2.75, 3.05) is 30.1 Å². The molecule has 0 spiro atoms. The second-order valence-electron chi connectivity index (χ2n) is 6.59. The largest absolute Gasteiger partial charge is 0.741 e. The lowest BCUT2D eigenvalue weighted by molar-refractivity contribution is -0.0522. The summed E-state index contributed by atoms with van der Waals surface area (Å²) in [4.78, 5) is 0. The second-order valence-corrected chi connectivity index (χ2v) is 14.4. The first-order chi connectivity index (χ1) is 14.8. The van der Waals surface area contributed by atoms with Gasteiger partial charge in [-0.3, -0.25) is 0 Å². The molecule has 0 aliphatic carbocycles. The molecular weight excluding hydrogens is 546 g/mol. The third kappa shape index (κ3) is 8.69. The van der Waals surface area contributed by atoms with E-state index in [2.05, 4.69) is 31.2 Å². The highest BCUT2D eigenvalue weighted by Gasteiger charge is 2.55. The standard InChI is InChI=1S/C14H20OS2.2CHF3O3S/c1-11-14(17-9-7-16(11)8-10-17)12-3-5-13(15-2)6-4-12;2*2-1(3,4)8(5,6)7/h3-6,11,14H,7-10H2,1-2H3;2*(H,5,6,7)/q+2;;/p-2/t11-,14+,16?,17?;;/m1../s1. The van der Waals surface area contributed by atoms with Crippen LogP contribution in [-0.4, -0.2) is 72.3 Å². The fourth-order valence-corrected chi connectivity index (χ4v) is 10.6. The van der Waals surface area contributed by atoms with Crippen molar-refractivity contribution in [1.29, 1.82) is 0 Å². The minimum absolute atomic E-state index is 0.653. The predicted molar refractivity (Wildman–Crippen MR) is 111 cm³/mol. The van der Waals surface area contributed by atoms with Gasteiger partial charge < -0.3 is 13.8 Å². The van der Waals surface area contributed by atoms with Crippen molar-refractivity contribution in [3.05, 3.63) is 29.8 Å². The van der Waals surface area contributed by atoms with Gasteiger partial charge in [0.15, 0.2) is 53.7 Å². The van der Waals surface area contributed by atoms with Gasteiger partial charge in [-0.1, -0.05) is 12.1 Å². The highest BCUT2D eigenvalue weighted by Crippen LogP contribution is 2.41. The Morgan fingerprint density at radius 1 is 0.818 bits per heavy atom. The molecule has 0 N–H and O–H groups in total. The third-order valence-electron chi connectivity index (χ3n) is 4.54. The molecule has 0 unspecified atom stereocenters. The maximum atomic E-state index is 10.7. The van der Waals surface area contributed by atoms with E-state index in [9.17, 15) is 26.3 Å². The number of rotatable bonds is 2. The molecule has 0 amide bonds. The van der Waals surface area contributed by atoms with Crippen LogP contribution in [0, 0.1) is 0 Å². The van der Waals surface area contributed by atoms with E-state index >= 15 is 0 Å². The Bertz CT molecular complexity index is 926. The fraction of sp³-hybridized carbons (Fsp3) is 0.625. The van der Waals surface area contributed by atoms with Crippen molar-refractivity contribution in [2.45, 2.75) is 28.4 Å². The van der Waals surface area contributed by atoms with Gasteiger partial charge in [0.05, 0.1) is 7.11 Å². The van der Waals surface area contributed by atoms with Crippen molar-refractivity contribution >= 4 is 42.0 Å². The zero-order chi connectivity index (χ0) is 25.8. The molecule has 33 heavy (non-hydrogen) atoms. The van der Waals surface area contributed by atoms with Gasteiger partial charge in [0.2, 0.25) is 0 Å². The van der Waals surface area contributed by atoms with Crippen LogP contribution in [0.25, 0.3) is 0 Å². The molecule has 1 aromatic carbocycles. The fourth-order valence-electron chi connectivity index (χ4n) is 2.96. The first-order valence-electron chi connectivity index (χ1n) is 8.80. The van der Waals surface area contributed by atoms with E-state index in [0.29, 0.717) is 21.8 Å². The molecule has 2 atom stereocenters. The molecule has 3 heterocycles. The topological polar surface area (TPSA) is 124 Å². The number of methoxy groups -OCH3 is 1. The normalized spacial score (nSPS) is 25.3. The number of benzene rings is 1. The molecule has 3 aliphatic heterocycles. The van der Waals surface area contributed by atoms with E-state index in [-0.39, 0.29) is 0 Å². The van der Waals surface area contributed by atoms with Crippen LogP contribution in [-0.2, 0) is 42.0 Å². The summed E-state index contributed by atoms with van der Waals surface area (Å²) in [7, 11) is -9.08. The summed E-state index contributed by atoms with van der Waals surface area (Å²) in [6, 6.07) is 8.83. The molecule has 0 saturated carbocycles. The van der Waals surface area contributed by atoms with Crippen LogP contribution in [0.4, 0.5) is 26.3 Å². The van der Waals surface area contributed by atoms with Crippen LogP contribution in [0.2, 0.25) is 0 Å². The quantitative estimate of drug-likeness (QED) is 0.233. The smallest absolute Gasteiger partial charge is 0.485 e. The minimum Gasteiger partial charge on any atom is -0.741 e. The average Bonchev–Trinajstić information content (AvgIpc) is 2.67. The minimum atomic E-state index is -6.09. The molecule has 1 aromatic rings. The summed E-state index contributed by atoms with van der Waals surface area (Å²) >= 11 is 0. The molecule has 0 aromatic heterocycles. The van der Waals surface area contributed by atoms with E-state index in [1.165, 1.54) is 23.0 Å². The molecule has 3 fully saturated rings. The summed E-state index contributed by atoms with van der Waals surface area (Å²) in [6.07, 6.45) is 0. The van der Waals surface area contributed by atoms with E-state index in [4.69, 9.17) is 30.7 Å². The van der Waals surface area contributed by atoms with Crippen molar-refractivity contribution in [3.8, 4) is 5.75 Å². The van der Waals surface area contributed by atoms with Gasteiger partial charge in [0.1, 0.15) is 5.75 Å². The summed E-state index contributed by atoms with van der Waals surface area (Å²) in [6.45, 7) is 2.48. The molecule has 192 valence electrons. The summed E-state index contributed by atoms with van der Waals surface area (Å²) in [5, 5.41) is 1.75. The maximum Gasteiger partial charge on any atom is 0.485 e. The Morgan fingerprint density at radius 2 is 1.15 bits per heavy atom. The van der Waals surface area contributed by atoms with Gasteiger partial charge in [-0.25, -0.2) is 16.8 Å². The lowest BCUT2D eigenvalue weighted by atomic mass is 10.1. The Labute approximate surface area is 193 Å². The van der Waals surface area contributed by atoms with Gasteiger partial charge in [-0.05, 0) is 19.1 Å². The molecule has 17 heteroatoms. The number of fused-ring (bicyclic) bond motifs is 3. The van der Waals surface area contributed by atoms with Gasteiger partial charge in [0, 0.05) is 27.4 Å². The van der Waals surface area contributed by atoms with Gasteiger partial charge in [0.25, 0.3) is 0 Å². The van der Waals surface area contributed by atoms with Crippen molar-refractivity contribution in [2.24, 2.45) is 0 Å². The molecule has 3 saturated heterocycles. The SMILES string of the molecule is COc1ccc([C@@H]2[C@@H](C)[S+]3CC[S+]2CC3)cc1.O=S(=O)([O-])C(F)(F)F.O=S(=O)([O-])C(F)(F)F. The van der Waals surface area contributed by atoms with Gasteiger partial charge in [-0.2, -0.15) is 26.3 Å². The zero-order valence-corrected chi connectivity index (χ0v) is 20.3. The van der Waals surface area contributed by atoms with Crippen LogP contribution >= 0.6 is 0 Å². The lowest BCUT2D eigenvalue weighted by Crippen LogP contribution is -2.51. The van der Waals surface area contributed by atoms with Crippen LogP contribution in [0.3, 0.4) is 0 Å². The van der Waals surface area contributed by atoms with Gasteiger partial charge >= 0.3 is 11.0 Å². The van der Waals surface area contributed by atoms with Crippen LogP contribution in [0.15, 0.2) is 24.3 Å². The Hall–Kier alpha value is -0.880. The van der Waals surface area contributed by atoms with E-state index in [0.717, 1.165) is 16.2 Å². The number of hydrogen-bond donors (Lipinski definition) is 0. The first-order valence-corrected chi connectivity index (χ1v) is 14.9. The van der Waals surface area contributed by atoms with E-state index < -0.39 is 31.3 Å². The van der Waals surface area contributed by atoms with Gasteiger partial charge in [-0.15, -0.1) is 0 Å². The van der Waals surface area contributed by atoms with Crippen LogP contribution in [0.1, 0.15) is 17.7 Å². The zero-order valence-electron chi connectivity index (χ0n) is 17.1. The Kier molecular flexibility index (Phi) is 10.3. The van der Waals surface area contributed by atoms with E-state index in [1.807, 2.05) is 0 Å². The van der Waals surface area contributed by atoms with E-state index in [1.54, 1.807) is 12.7 Å². The molecule has 0 radical (unpaired) electrons. The molecule has 4 rings (SSSR count). The Morgan fingerprint density at radius 3 is 1.42 bits per heavy atom. The number of halogens is 6. The Balaban J connectivity index is 0.000000288. The average molecular weight is 567 g/mol. The highest BCUT2D eigenvalue weighted by atomic mass is 32.2. The van der Waals surface area contributed by atoms with Crippen molar-refractivity contribution in [3.63, 3.8) is 0 Å². The predicted octanol–water partition coefficient (Wildman–Crippen LogP) is 2.49. The van der Waals surface area contributed by atoms with Crippen LogP contribution in [0.5, 0.6) is 5.75 Å². The summed E-state index contributed by atoms with van der Waals surface area (Å²) < 4.78 is 123. The van der Waals surface area contributed by atoms with Crippen LogP contribution < -0.4 is 4.74 Å². The number of hydrogen-bond acceptors (Lipinski definition) is 7. The first kappa shape index (κ1) is 30.2. The second kappa shape index (κ2) is 11.2. The molecule has 2 bridgehead atoms. The number of ether oxygens (including phenoxy) is 1. The molecule has 3 aliphatic rings. The molecular formula is C16H20F6O7S4. The highest BCUT2D eigenvalue weighted by molar-refractivity contribution is 8.07. The van der Waals surface area contributed by atoms with Crippen molar-refractivity contribution < 1.29 is 57.0 Å². The van der Waals surface area contributed by atoms with Crippen molar-refractivity contribution in [1.82, 2.24) is 0 Å². The molecule has 7 nitrogen and oxygen atoms in total. The third-order valence-corrected chi connectivity index (χ3v) is 12.0. The summed E-state index contributed by atoms with van der Waals surface area (Å²) in [5.41, 5.74) is -9.74. The number of alkyl halides is 6.